The molecule has 0 aromatic heterocycles. The molecule has 8 nitrogen and oxygen atoms in total. The summed E-state index contributed by atoms with van der Waals surface area (Å²) in [5.41, 5.74) is 3.47. The monoisotopic (exact) mass is 581 g/mol. The SMILES string of the molecule is COc1ccc(NC(=O)[C@@H](c2ccc(Cl)cc2)N(Cc2ccc(C)cc2)C(=O)CN2C(=O)C(=O)c3ccccc32)cc1. The van der Waals surface area contributed by atoms with E-state index in [1.807, 2.05) is 31.2 Å². The Hall–Kier alpha value is -4.95. The number of rotatable bonds is 9. The molecule has 4 aromatic rings. The first-order valence-electron chi connectivity index (χ1n) is 13.3. The second-order valence-corrected chi connectivity index (χ2v) is 10.4. The molecule has 0 saturated carbocycles. The molecule has 1 aliphatic heterocycles. The molecule has 0 spiro atoms. The predicted molar refractivity (Wildman–Crippen MR) is 161 cm³/mol. The van der Waals surface area contributed by atoms with Crippen LogP contribution in [0.5, 0.6) is 5.75 Å². The number of methoxy groups -OCH3 is 1. The normalized spacial score (nSPS) is 13.0. The summed E-state index contributed by atoms with van der Waals surface area (Å²) in [6.45, 7) is 1.60. The molecule has 0 bridgehead atoms. The van der Waals surface area contributed by atoms with E-state index in [1.54, 1.807) is 79.9 Å². The summed E-state index contributed by atoms with van der Waals surface area (Å²) in [6.07, 6.45) is 0. The van der Waals surface area contributed by atoms with Gasteiger partial charge < -0.3 is 15.0 Å². The van der Waals surface area contributed by atoms with Gasteiger partial charge in [-0.3, -0.25) is 24.1 Å². The maximum atomic E-state index is 14.2. The number of amides is 3. The average Bonchev–Trinajstić information content (AvgIpc) is 3.24. The summed E-state index contributed by atoms with van der Waals surface area (Å²) >= 11 is 6.16. The summed E-state index contributed by atoms with van der Waals surface area (Å²) in [5.74, 6) is -1.81. The van der Waals surface area contributed by atoms with Crippen LogP contribution in [0.3, 0.4) is 0 Å². The molecule has 0 unspecified atom stereocenters. The van der Waals surface area contributed by atoms with Crippen LogP contribution < -0.4 is 15.0 Å². The fourth-order valence-electron chi connectivity index (χ4n) is 4.85. The summed E-state index contributed by atoms with van der Waals surface area (Å²) in [7, 11) is 1.55. The number of ether oxygens (including phenoxy) is 1. The maximum Gasteiger partial charge on any atom is 0.299 e. The number of ketones is 1. The van der Waals surface area contributed by atoms with E-state index in [9.17, 15) is 19.2 Å². The minimum Gasteiger partial charge on any atom is -0.497 e. The Morgan fingerprint density at radius 1 is 0.905 bits per heavy atom. The number of aryl methyl sites for hydroxylation is 1. The van der Waals surface area contributed by atoms with Gasteiger partial charge >= 0.3 is 0 Å². The van der Waals surface area contributed by atoms with Crippen LogP contribution in [0.15, 0.2) is 97.1 Å². The lowest BCUT2D eigenvalue weighted by molar-refractivity contribution is -0.139. The highest BCUT2D eigenvalue weighted by atomic mass is 35.5. The number of carbonyl (C=O) groups is 4. The molecule has 1 heterocycles. The first kappa shape index (κ1) is 28.6. The van der Waals surface area contributed by atoms with Crippen molar-refractivity contribution in [1.29, 1.82) is 0 Å². The third-order valence-corrected chi connectivity index (χ3v) is 7.32. The van der Waals surface area contributed by atoms with Crippen molar-refractivity contribution in [1.82, 2.24) is 4.90 Å². The first-order valence-corrected chi connectivity index (χ1v) is 13.6. The second kappa shape index (κ2) is 12.3. The lowest BCUT2D eigenvalue weighted by Gasteiger charge is -2.33. The molecular weight excluding hydrogens is 554 g/mol. The lowest BCUT2D eigenvalue weighted by Crippen LogP contribution is -2.46. The number of nitrogens with zero attached hydrogens (tertiary/aromatic N) is 2. The first-order chi connectivity index (χ1) is 20.2. The summed E-state index contributed by atoms with van der Waals surface area (Å²) < 4.78 is 5.22. The molecule has 3 amide bonds. The summed E-state index contributed by atoms with van der Waals surface area (Å²) in [6, 6.07) is 26.6. The smallest absolute Gasteiger partial charge is 0.299 e. The van der Waals surface area contributed by atoms with E-state index in [4.69, 9.17) is 16.3 Å². The van der Waals surface area contributed by atoms with Crippen molar-refractivity contribution >= 4 is 46.5 Å². The van der Waals surface area contributed by atoms with Crippen molar-refractivity contribution in [2.45, 2.75) is 19.5 Å². The van der Waals surface area contributed by atoms with Gasteiger partial charge in [0, 0.05) is 17.3 Å². The van der Waals surface area contributed by atoms with E-state index in [2.05, 4.69) is 5.32 Å². The predicted octanol–water partition coefficient (Wildman–Crippen LogP) is 5.60. The molecule has 0 aliphatic carbocycles. The van der Waals surface area contributed by atoms with E-state index in [-0.39, 0.29) is 12.1 Å². The van der Waals surface area contributed by atoms with Crippen molar-refractivity contribution in [2.24, 2.45) is 0 Å². The molecule has 0 radical (unpaired) electrons. The van der Waals surface area contributed by atoms with E-state index in [0.29, 0.717) is 27.7 Å². The van der Waals surface area contributed by atoms with Crippen molar-refractivity contribution in [3.8, 4) is 5.75 Å². The highest BCUT2D eigenvalue weighted by molar-refractivity contribution is 6.52. The maximum absolute atomic E-state index is 14.2. The number of benzene rings is 4. The number of Topliss-reactive ketones (excluding diaryl/α,β-unsaturated/α-hetero) is 1. The number of para-hydroxylation sites is 1. The molecule has 1 aliphatic rings. The van der Waals surface area contributed by atoms with Crippen LogP contribution >= 0.6 is 11.6 Å². The van der Waals surface area contributed by atoms with Crippen LogP contribution in [0, 0.1) is 6.92 Å². The number of hydrogen-bond acceptors (Lipinski definition) is 5. The number of anilines is 2. The second-order valence-electron chi connectivity index (χ2n) is 9.92. The van der Waals surface area contributed by atoms with Crippen molar-refractivity contribution in [2.75, 3.05) is 23.9 Å². The standard InChI is InChI=1S/C33H28ClN3O5/c1-21-7-9-22(10-8-21)19-37(29(38)20-36-28-6-4-3-5-27(28)31(39)33(36)41)30(23-11-13-24(34)14-12-23)32(40)35-25-15-17-26(42-2)18-16-25/h3-18,30H,19-20H2,1-2H3,(H,35,40)/t30-/m1/s1. The van der Waals surface area contributed by atoms with E-state index in [1.165, 1.54) is 9.80 Å². The van der Waals surface area contributed by atoms with Gasteiger partial charge in [0.25, 0.3) is 17.6 Å². The zero-order valence-electron chi connectivity index (χ0n) is 23.0. The largest absolute Gasteiger partial charge is 0.497 e. The fourth-order valence-corrected chi connectivity index (χ4v) is 4.97. The Bertz CT molecular complexity index is 1640. The Morgan fingerprint density at radius 3 is 2.24 bits per heavy atom. The van der Waals surface area contributed by atoms with Crippen molar-refractivity contribution < 1.29 is 23.9 Å². The molecule has 0 fully saturated rings. The van der Waals surface area contributed by atoms with Gasteiger partial charge in [0.05, 0.1) is 18.4 Å². The molecule has 42 heavy (non-hydrogen) atoms. The average molecular weight is 582 g/mol. The van der Waals surface area contributed by atoms with Gasteiger partial charge in [-0.2, -0.15) is 0 Å². The van der Waals surface area contributed by atoms with Crippen LogP contribution in [0.25, 0.3) is 0 Å². The Labute approximate surface area is 248 Å². The zero-order valence-corrected chi connectivity index (χ0v) is 23.8. The van der Waals surface area contributed by atoms with Crippen LogP contribution in [-0.2, 0) is 20.9 Å². The molecule has 0 saturated heterocycles. The highest BCUT2D eigenvalue weighted by Gasteiger charge is 2.39. The number of nitrogens with one attached hydrogen (secondary N) is 1. The van der Waals surface area contributed by atoms with Gasteiger partial charge in [0.2, 0.25) is 5.91 Å². The number of fused-ring (bicyclic) bond motifs is 1. The molecule has 1 N–H and O–H groups in total. The van der Waals surface area contributed by atoms with Gasteiger partial charge in [0.1, 0.15) is 18.3 Å². The van der Waals surface area contributed by atoms with E-state index < -0.39 is 36.1 Å². The van der Waals surface area contributed by atoms with Crippen LogP contribution in [0.4, 0.5) is 11.4 Å². The van der Waals surface area contributed by atoms with Crippen molar-refractivity contribution in [3.05, 3.63) is 124 Å². The quantitative estimate of drug-likeness (QED) is 0.260. The topological polar surface area (TPSA) is 96.0 Å². The van der Waals surface area contributed by atoms with Crippen LogP contribution in [-0.4, -0.2) is 42.1 Å². The Morgan fingerprint density at radius 2 is 1.57 bits per heavy atom. The Balaban J connectivity index is 1.54. The van der Waals surface area contributed by atoms with Gasteiger partial charge in [0.15, 0.2) is 0 Å². The highest BCUT2D eigenvalue weighted by Crippen LogP contribution is 2.31. The summed E-state index contributed by atoms with van der Waals surface area (Å²) in [5, 5.41) is 3.38. The van der Waals surface area contributed by atoms with Crippen LogP contribution in [0.2, 0.25) is 5.02 Å². The summed E-state index contributed by atoms with van der Waals surface area (Å²) in [4.78, 5) is 56.3. The number of carbonyl (C=O) groups excluding carboxylic acids is 4. The molecule has 4 aromatic carbocycles. The van der Waals surface area contributed by atoms with E-state index in [0.717, 1.165) is 11.1 Å². The number of hydrogen-bond donors (Lipinski definition) is 1. The number of halogens is 1. The minimum atomic E-state index is -1.10. The van der Waals surface area contributed by atoms with E-state index >= 15 is 0 Å². The van der Waals surface area contributed by atoms with Gasteiger partial charge in [-0.1, -0.05) is 65.7 Å². The molecule has 212 valence electrons. The van der Waals surface area contributed by atoms with Gasteiger partial charge in [-0.05, 0) is 66.6 Å². The third kappa shape index (κ3) is 6.04. The van der Waals surface area contributed by atoms with Crippen molar-refractivity contribution in [3.63, 3.8) is 0 Å². The minimum absolute atomic E-state index is 0.0695. The molecule has 5 rings (SSSR count). The molecule has 9 heteroatoms. The third-order valence-electron chi connectivity index (χ3n) is 7.07. The van der Waals surface area contributed by atoms with Gasteiger partial charge in [-0.25, -0.2) is 0 Å². The van der Waals surface area contributed by atoms with Crippen LogP contribution in [0.1, 0.15) is 33.1 Å². The fraction of sp³-hybridized carbons (Fsp3) is 0.152. The Kier molecular flexibility index (Phi) is 8.36. The molecular formula is C33H28ClN3O5. The van der Waals surface area contributed by atoms with Gasteiger partial charge in [-0.15, -0.1) is 0 Å². The zero-order chi connectivity index (χ0) is 29.8. The molecule has 1 atom stereocenters. The lowest BCUT2D eigenvalue weighted by atomic mass is 10.0.